The van der Waals surface area contributed by atoms with Crippen molar-refractivity contribution in [2.24, 2.45) is 0 Å². The number of hydrogen-bond acceptors (Lipinski definition) is 18. The number of aliphatic hydroxyl groups is 2. The lowest BCUT2D eigenvalue weighted by Crippen LogP contribution is -2.52. The quantitative estimate of drug-likeness (QED) is 0.0520. The average molecular weight is 968 g/mol. The maximum Gasteiger partial charge on any atom is 0.336 e. The van der Waals surface area contributed by atoms with Crippen LogP contribution >= 0.6 is 23.2 Å². The van der Waals surface area contributed by atoms with E-state index in [1.807, 2.05) is 0 Å². The Kier molecular flexibility index (Phi) is 24.1. The summed E-state index contributed by atoms with van der Waals surface area (Å²) < 4.78 is 31.7. The molecular weight excluding hydrogens is 911 g/mol. The largest absolute Gasteiger partial charge is 0.547 e. The number of allylic oxidation sites excluding steroid dienone is 2. The third-order valence-electron chi connectivity index (χ3n) is 9.38. The van der Waals surface area contributed by atoms with E-state index in [1.54, 1.807) is 76.2 Å². The van der Waals surface area contributed by atoms with Gasteiger partial charge in [-0.25, -0.2) is 19.2 Å². The highest BCUT2D eigenvalue weighted by molar-refractivity contribution is 6.32. The summed E-state index contributed by atoms with van der Waals surface area (Å²) in [5.74, 6) is -7.76. The number of carbonyl (C=O) groups is 6. The molecule has 0 radical (unpaired) electrons. The van der Waals surface area contributed by atoms with Crippen LogP contribution in [0.25, 0.3) is 0 Å². The highest BCUT2D eigenvalue weighted by atomic mass is 35.5. The van der Waals surface area contributed by atoms with Gasteiger partial charge in [-0.1, -0.05) is 59.6 Å². The molecule has 0 unspecified atom stereocenters. The van der Waals surface area contributed by atoms with E-state index >= 15 is 0 Å². The van der Waals surface area contributed by atoms with Crippen molar-refractivity contribution in [2.45, 2.75) is 51.7 Å². The van der Waals surface area contributed by atoms with Gasteiger partial charge in [0.1, 0.15) is 12.2 Å². The van der Waals surface area contributed by atoms with Crippen molar-refractivity contribution >= 4 is 59.0 Å². The Morgan fingerprint density at radius 3 is 1.23 bits per heavy atom. The van der Waals surface area contributed by atoms with Gasteiger partial charge in [0.25, 0.3) is 0 Å². The fourth-order valence-corrected chi connectivity index (χ4v) is 7.02. The number of rotatable bonds is 19. The molecule has 10 N–H and O–H groups in total. The van der Waals surface area contributed by atoms with E-state index < -0.39 is 59.9 Å². The van der Waals surface area contributed by atoms with E-state index in [0.717, 1.165) is 0 Å². The van der Waals surface area contributed by atoms with Crippen LogP contribution in [0, 0.1) is 0 Å². The minimum atomic E-state index is -2.44. The average Bonchev–Trinajstić information content (AvgIpc) is 3.28. The number of quaternary nitrogens is 2. The zero-order chi connectivity index (χ0) is 49.7. The summed E-state index contributed by atoms with van der Waals surface area (Å²) in [4.78, 5) is 70.2. The first-order chi connectivity index (χ1) is 31.4. The predicted octanol–water partition coefficient (Wildman–Crippen LogP) is -1.69. The number of aliphatic hydroxyl groups excluding tert-OH is 2. The van der Waals surface area contributed by atoms with E-state index in [9.17, 15) is 39.0 Å². The van der Waals surface area contributed by atoms with Gasteiger partial charge in [-0.15, -0.1) is 0 Å². The molecule has 2 heterocycles. The Balaban J connectivity index is 0.000000377. The second-order valence-corrected chi connectivity index (χ2v) is 14.6. The number of halogens is 2. The van der Waals surface area contributed by atoms with Crippen LogP contribution in [0.3, 0.4) is 0 Å². The number of dihydropyridines is 2. The van der Waals surface area contributed by atoms with Crippen LogP contribution < -0.4 is 32.3 Å². The van der Waals surface area contributed by atoms with E-state index in [-0.39, 0.29) is 37.6 Å². The van der Waals surface area contributed by atoms with Crippen molar-refractivity contribution in [3.63, 3.8) is 0 Å². The van der Waals surface area contributed by atoms with Crippen molar-refractivity contribution < 1.29 is 89.1 Å². The highest BCUT2D eigenvalue weighted by Crippen LogP contribution is 2.43. The number of methoxy groups -OCH3 is 2. The van der Waals surface area contributed by atoms with E-state index in [1.165, 1.54) is 14.2 Å². The molecule has 2 aromatic rings. The van der Waals surface area contributed by atoms with Crippen LogP contribution in [0.5, 0.6) is 0 Å². The van der Waals surface area contributed by atoms with Crippen LogP contribution in [-0.4, -0.2) is 125 Å². The zero-order valence-corrected chi connectivity index (χ0v) is 38.9. The first-order valence-corrected chi connectivity index (χ1v) is 21.1. The minimum absolute atomic E-state index is 0.149. The number of hydrogen-bond donors (Lipinski definition) is 6. The Labute approximate surface area is 391 Å². The number of carbonyl (C=O) groups excluding carboxylic acids is 6. The molecule has 0 spiro atoms. The molecule has 0 fully saturated rings. The fourth-order valence-electron chi connectivity index (χ4n) is 6.53. The lowest BCUT2D eigenvalue weighted by molar-refractivity contribution is -0.374. The lowest BCUT2D eigenvalue weighted by Gasteiger charge is -2.31. The molecule has 0 saturated carbocycles. The molecule has 362 valence electrons. The molecule has 0 aromatic heterocycles. The van der Waals surface area contributed by atoms with Crippen LogP contribution in [-0.2, 0) is 57.2 Å². The number of carboxylic acid groups (broad SMARTS) is 2. The van der Waals surface area contributed by atoms with Gasteiger partial charge in [-0.05, 0) is 51.0 Å². The minimum Gasteiger partial charge on any atom is -0.547 e. The molecule has 2 aliphatic rings. The Morgan fingerprint density at radius 1 is 0.621 bits per heavy atom. The maximum absolute atomic E-state index is 12.9. The first-order valence-electron chi connectivity index (χ1n) is 20.3. The Bertz CT molecular complexity index is 2040. The van der Waals surface area contributed by atoms with Crippen molar-refractivity contribution in [3.8, 4) is 0 Å². The van der Waals surface area contributed by atoms with Crippen LogP contribution in [0.4, 0.5) is 0 Å². The standard InChI is InChI=1S/2C20H25ClN2O5.C4H6O6/c2*1-4-28-20(25)18-15(11-27-10-9-22)23-12(2)16(19(24)26-3)17(18)13-7-5-6-8-14(13)21;5-1(3(7)8)2(6)4(9)10/h2*5-8,17,23H,4,9-11,22H2,1-3H3;1-2,5-6H,(H,7,8)(H,9,10)/t2*17-;1-,2-/m001/s1. The molecule has 0 amide bonds. The molecule has 2 aromatic carbocycles. The van der Waals surface area contributed by atoms with Gasteiger partial charge in [-0.2, -0.15) is 0 Å². The maximum atomic E-state index is 12.9. The smallest absolute Gasteiger partial charge is 0.336 e. The molecule has 66 heavy (non-hydrogen) atoms. The van der Waals surface area contributed by atoms with Gasteiger partial charge in [0.15, 0.2) is 0 Å². The van der Waals surface area contributed by atoms with Gasteiger partial charge in [-0.3, -0.25) is 0 Å². The molecule has 4 atom stereocenters. The summed E-state index contributed by atoms with van der Waals surface area (Å²) in [6, 6.07) is 14.2. The number of benzene rings is 2. The second kappa shape index (κ2) is 28.3. The number of nitrogens with one attached hydrogen (secondary N) is 2. The van der Waals surface area contributed by atoms with Crippen LogP contribution in [0.2, 0.25) is 10.0 Å². The Hall–Kier alpha value is -5.84. The summed E-state index contributed by atoms with van der Waals surface area (Å²) in [5, 5.41) is 42.8. The first kappa shape index (κ1) is 56.3. The number of carboxylic acids is 2. The van der Waals surface area contributed by atoms with Gasteiger partial charge in [0.05, 0.1) is 124 Å². The topological polar surface area (TPSA) is 324 Å². The summed E-state index contributed by atoms with van der Waals surface area (Å²) >= 11 is 12.9. The van der Waals surface area contributed by atoms with Gasteiger partial charge in [0.2, 0.25) is 0 Å². The fraction of sp³-hybridized carbons (Fsp3) is 0.409. The molecule has 2 aliphatic heterocycles. The SMILES string of the molecule is CCOC(=O)C1=C(COCC[NH3+])NC(C)=C(C(=O)OC)[C@@H]1c1ccccc1Cl.CCOC(=O)C1=C(COCC[NH3+])NC(C)=C(C(=O)OC)[C@@H]1c1ccccc1Cl.O=C([O-])[C@H](O)[C@@H](O)C(=O)[O-]. The van der Waals surface area contributed by atoms with Crippen molar-refractivity contribution in [3.05, 3.63) is 115 Å². The third kappa shape index (κ3) is 15.1. The lowest BCUT2D eigenvalue weighted by atomic mass is 9.80. The third-order valence-corrected chi connectivity index (χ3v) is 10.1. The number of ether oxygens (including phenoxy) is 6. The van der Waals surface area contributed by atoms with Crippen LogP contribution in [0.1, 0.15) is 50.7 Å². The second-order valence-electron chi connectivity index (χ2n) is 13.8. The van der Waals surface area contributed by atoms with Crippen molar-refractivity contribution in [1.29, 1.82) is 0 Å². The van der Waals surface area contributed by atoms with E-state index in [2.05, 4.69) is 22.1 Å². The zero-order valence-electron chi connectivity index (χ0n) is 37.4. The molecule has 0 aliphatic carbocycles. The molecule has 20 nitrogen and oxygen atoms in total. The summed E-state index contributed by atoms with van der Waals surface area (Å²) in [7, 11) is 2.60. The normalized spacial score (nSPS) is 16.5. The summed E-state index contributed by atoms with van der Waals surface area (Å²) in [5.41, 5.74) is 12.1. The summed E-state index contributed by atoms with van der Waals surface area (Å²) in [6.07, 6.45) is -4.88. The molecular formula is C44H56Cl2N4O16. The van der Waals surface area contributed by atoms with Crippen LogP contribution in [0.15, 0.2) is 93.6 Å². The Morgan fingerprint density at radius 2 is 0.955 bits per heavy atom. The molecule has 4 rings (SSSR count). The van der Waals surface area contributed by atoms with Gasteiger partial charge < -0.3 is 80.5 Å². The monoisotopic (exact) mass is 966 g/mol. The van der Waals surface area contributed by atoms with Crippen molar-refractivity contribution in [2.75, 3.05) is 67.0 Å². The molecule has 0 saturated heterocycles. The van der Waals surface area contributed by atoms with Gasteiger partial charge >= 0.3 is 23.9 Å². The van der Waals surface area contributed by atoms with Crippen molar-refractivity contribution in [1.82, 2.24) is 10.6 Å². The van der Waals surface area contributed by atoms with E-state index in [4.69, 9.17) is 61.8 Å². The highest BCUT2D eigenvalue weighted by Gasteiger charge is 2.41. The summed E-state index contributed by atoms with van der Waals surface area (Å²) in [6.45, 7) is 9.69. The number of esters is 4. The molecule has 0 bridgehead atoms. The van der Waals surface area contributed by atoms with Gasteiger partial charge in [0, 0.05) is 21.4 Å². The molecule has 22 heteroatoms. The van der Waals surface area contributed by atoms with E-state index in [0.29, 0.717) is 81.4 Å². The predicted molar refractivity (Wildman–Crippen MR) is 231 cm³/mol. The number of aliphatic carboxylic acids is 2.